The van der Waals surface area contributed by atoms with Crippen LogP contribution in [0.25, 0.3) is 11.0 Å². The van der Waals surface area contributed by atoms with E-state index in [9.17, 15) is 5.11 Å². The molecule has 2 aromatic heterocycles. The Kier molecular flexibility index (Phi) is 4.92. The molecule has 0 aliphatic carbocycles. The summed E-state index contributed by atoms with van der Waals surface area (Å²) in [4.78, 5) is 8.73. The van der Waals surface area contributed by atoms with Gasteiger partial charge in [-0.3, -0.25) is 5.10 Å². The number of aliphatic hydroxyl groups is 1. The highest BCUT2D eigenvalue weighted by Gasteiger charge is 2.21. The molecule has 4 N–H and O–H groups in total. The van der Waals surface area contributed by atoms with Crippen molar-refractivity contribution in [1.82, 2.24) is 20.2 Å². The summed E-state index contributed by atoms with van der Waals surface area (Å²) in [6.45, 7) is 5.33. The summed E-state index contributed by atoms with van der Waals surface area (Å²) in [6, 6.07) is 0. The van der Waals surface area contributed by atoms with Gasteiger partial charge in [-0.1, -0.05) is 0 Å². The van der Waals surface area contributed by atoms with Gasteiger partial charge in [0.25, 0.3) is 0 Å². The topological polar surface area (TPSA) is 108 Å². The second kappa shape index (κ2) is 6.68. The largest absolute Gasteiger partial charge is 0.388 e. The van der Waals surface area contributed by atoms with Crippen molar-refractivity contribution < 1.29 is 9.84 Å². The van der Waals surface area contributed by atoms with Crippen molar-refractivity contribution in [2.75, 3.05) is 37.4 Å². The number of aromatic amines is 1. The molecule has 1 unspecified atom stereocenters. The van der Waals surface area contributed by atoms with E-state index in [0.29, 0.717) is 37.0 Å². The lowest BCUT2D eigenvalue weighted by atomic mass is 10.0. The fraction of sp³-hybridized carbons (Fsp3) is 0.615. The standard InChI is InChI=1S/C13H22N6O2/c1-4-14-12-17-10(9-7-16-19-11(9)18-12)15-8-13(2,20)5-6-21-3/h7,20H,4-6,8H2,1-3H3,(H3,14,15,16,17,18,19). The maximum Gasteiger partial charge on any atom is 0.226 e. The number of rotatable bonds is 8. The first kappa shape index (κ1) is 15.5. The molecule has 116 valence electrons. The van der Waals surface area contributed by atoms with Gasteiger partial charge in [0.1, 0.15) is 5.82 Å². The van der Waals surface area contributed by atoms with Crippen molar-refractivity contribution in [1.29, 1.82) is 0 Å². The third kappa shape index (κ3) is 4.02. The zero-order chi connectivity index (χ0) is 15.3. The molecule has 8 nitrogen and oxygen atoms in total. The van der Waals surface area contributed by atoms with E-state index in [1.165, 1.54) is 0 Å². The van der Waals surface area contributed by atoms with Gasteiger partial charge >= 0.3 is 0 Å². The molecular formula is C13H22N6O2. The number of nitrogens with one attached hydrogen (secondary N) is 3. The summed E-state index contributed by atoms with van der Waals surface area (Å²) in [6.07, 6.45) is 2.20. The summed E-state index contributed by atoms with van der Waals surface area (Å²) < 4.78 is 5.00. The van der Waals surface area contributed by atoms with E-state index in [0.717, 1.165) is 11.9 Å². The monoisotopic (exact) mass is 294 g/mol. The molecule has 0 amide bonds. The summed E-state index contributed by atoms with van der Waals surface area (Å²) in [5.74, 6) is 1.16. The van der Waals surface area contributed by atoms with Crippen LogP contribution in [0.4, 0.5) is 11.8 Å². The predicted molar refractivity (Wildman–Crippen MR) is 81.5 cm³/mol. The van der Waals surface area contributed by atoms with Crippen LogP contribution in [-0.2, 0) is 4.74 Å². The molecule has 0 spiro atoms. The minimum absolute atomic E-state index is 0.360. The number of anilines is 2. The lowest BCUT2D eigenvalue weighted by molar-refractivity contribution is 0.0357. The first-order valence-corrected chi connectivity index (χ1v) is 6.96. The molecule has 0 aliphatic rings. The van der Waals surface area contributed by atoms with E-state index in [-0.39, 0.29) is 0 Å². The van der Waals surface area contributed by atoms with Gasteiger partial charge in [0.05, 0.1) is 17.2 Å². The molecule has 0 radical (unpaired) electrons. The minimum atomic E-state index is -0.880. The number of hydrogen-bond donors (Lipinski definition) is 4. The van der Waals surface area contributed by atoms with Crippen LogP contribution in [0.2, 0.25) is 0 Å². The molecule has 0 aromatic carbocycles. The van der Waals surface area contributed by atoms with E-state index in [1.807, 2.05) is 6.92 Å². The Morgan fingerprint density at radius 3 is 2.90 bits per heavy atom. The van der Waals surface area contributed by atoms with Crippen molar-refractivity contribution >= 4 is 22.8 Å². The molecule has 0 saturated carbocycles. The normalized spacial score (nSPS) is 14.1. The second-order valence-corrected chi connectivity index (χ2v) is 5.15. The molecule has 2 aromatic rings. The maximum absolute atomic E-state index is 10.3. The maximum atomic E-state index is 10.3. The van der Waals surface area contributed by atoms with Crippen LogP contribution in [0.3, 0.4) is 0 Å². The number of ether oxygens (including phenoxy) is 1. The average molecular weight is 294 g/mol. The van der Waals surface area contributed by atoms with Crippen molar-refractivity contribution in [3.8, 4) is 0 Å². The van der Waals surface area contributed by atoms with E-state index in [1.54, 1.807) is 20.2 Å². The first-order chi connectivity index (χ1) is 10.1. The van der Waals surface area contributed by atoms with Crippen molar-refractivity contribution in [2.24, 2.45) is 0 Å². The quantitative estimate of drug-likeness (QED) is 0.575. The van der Waals surface area contributed by atoms with Crippen molar-refractivity contribution in [3.05, 3.63) is 6.20 Å². The van der Waals surface area contributed by atoms with Crippen LogP contribution in [0.15, 0.2) is 6.20 Å². The van der Waals surface area contributed by atoms with E-state index >= 15 is 0 Å². The zero-order valence-electron chi connectivity index (χ0n) is 12.6. The molecule has 0 saturated heterocycles. The van der Waals surface area contributed by atoms with E-state index in [4.69, 9.17) is 4.74 Å². The third-order valence-electron chi connectivity index (χ3n) is 3.13. The highest BCUT2D eigenvalue weighted by atomic mass is 16.5. The molecule has 8 heteroatoms. The minimum Gasteiger partial charge on any atom is -0.388 e. The van der Waals surface area contributed by atoms with E-state index in [2.05, 4.69) is 30.8 Å². The summed E-state index contributed by atoms with van der Waals surface area (Å²) in [7, 11) is 1.62. The SMILES string of the molecule is CCNc1nc(NCC(C)(O)CCOC)c2cn[nH]c2n1. The molecule has 2 heterocycles. The second-order valence-electron chi connectivity index (χ2n) is 5.15. The van der Waals surface area contributed by atoms with Crippen LogP contribution in [0, 0.1) is 0 Å². The van der Waals surface area contributed by atoms with Crippen LogP contribution >= 0.6 is 0 Å². The summed E-state index contributed by atoms with van der Waals surface area (Å²) in [5.41, 5.74) is -0.227. The molecule has 0 fully saturated rings. The Labute approximate surface area is 123 Å². The predicted octanol–water partition coefficient (Wildman–Crippen LogP) is 0.984. The molecule has 21 heavy (non-hydrogen) atoms. The third-order valence-corrected chi connectivity index (χ3v) is 3.13. The van der Waals surface area contributed by atoms with Gasteiger partial charge in [0.15, 0.2) is 5.65 Å². The summed E-state index contributed by atoms with van der Waals surface area (Å²) >= 11 is 0. The Morgan fingerprint density at radius 1 is 1.38 bits per heavy atom. The summed E-state index contributed by atoms with van der Waals surface area (Å²) in [5, 5.41) is 24.1. The van der Waals surface area contributed by atoms with Crippen LogP contribution in [0.1, 0.15) is 20.3 Å². The fourth-order valence-corrected chi connectivity index (χ4v) is 1.89. The first-order valence-electron chi connectivity index (χ1n) is 6.96. The average Bonchev–Trinajstić information content (AvgIpc) is 2.91. The fourth-order valence-electron chi connectivity index (χ4n) is 1.89. The van der Waals surface area contributed by atoms with Crippen LogP contribution < -0.4 is 10.6 Å². The number of H-pyrrole nitrogens is 1. The number of methoxy groups -OCH3 is 1. The van der Waals surface area contributed by atoms with Gasteiger partial charge < -0.3 is 20.5 Å². The molecule has 1 atom stereocenters. The van der Waals surface area contributed by atoms with Gasteiger partial charge in [-0.05, 0) is 13.8 Å². The lowest BCUT2D eigenvalue weighted by Crippen LogP contribution is -2.35. The van der Waals surface area contributed by atoms with Gasteiger partial charge in [-0.25, -0.2) is 0 Å². The van der Waals surface area contributed by atoms with Gasteiger partial charge in [-0.15, -0.1) is 0 Å². The highest BCUT2D eigenvalue weighted by Crippen LogP contribution is 2.21. The molecular weight excluding hydrogens is 272 g/mol. The van der Waals surface area contributed by atoms with Gasteiger partial charge in [0, 0.05) is 33.2 Å². The Balaban J connectivity index is 2.15. The van der Waals surface area contributed by atoms with E-state index < -0.39 is 5.60 Å². The molecule has 0 aliphatic heterocycles. The zero-order valence-corrected chi connectivity index (χ0v) is 12.6. The lowest BCUT2D eigenvalue weighted by Gasteiger charge is -2.23. The van der Waals surface area contributed by atoms with Crippen LogP contribution in [-0.4, -0.2) is 57.7 Å². The van der Waals surface area contributed by atoms with Gasteiger partial charge in [-0.2, -0.15) is 15.1 Å². The van der Waals surface area contributed by atoms with Crippen molar-refractivity contribution in [3.63, 3.8) is 0 Å². The number of nitrogens with zero attached hydrogens (tertiary/aromatic N) is 3. The van der Waals surface area contributed by atoms with Crippen LogP contribution in [0.5, 0.6) is 0 Å². The van der Waals surface area contributed by atoms with Gasteiger partial charge in [0.2, 0.25) is 5.95 Å². The number of fused-ring (bicyclic) bond motifs is 1. The smallest absolute Gasteiger partial charge is 0.226 e. The Hall–Kier alpha value is -1.93. The van der Waals surface area contributed by atoms with Crippen molar-refractivity contribution in [2.45, 2.75) is 25.9 Å². The molecule has 2 rings (SSSR count). The Bertz CT molecular complexity index is 583. The highest BCUT2D eigenvalue weighted by molar-refractivity contribution is 5.86. The Morgan fingerprint density at radius 2 is 2.19 bits per heavy atom. The molecule has 0 bridgehead atoms. The number of hydrogen-bond acceptors (Lipinski definition) is 7. The number of aromatic nitrogens is 4.